The molecule has 1 heterocycles. The van der Waals surface area contributed by atoms with Gasteiger partial charge >= 0.3 is 6.41 Å². The minimum atomic E-state index is -0.309. The number of rotatable bonds is 4. The lowest BCUT2D eigenvalue weighted by Gasteiger charge is -2.07. The van der Waals surface area contributed by atoms with Gasteiger partial charge in [-0.25, -0.2) is 0 Å². The highest BCUT2D eigenvalue weighted by molar-refractivity contribution is 5.49. The van der Waals surface area contributed by atoms with Crippen molar-refractivity contribution in [1.82, 2.24) is 15.3 Å². The Hall–Kier alpha value is -1.71. The standard InChI is InChI=1S/C8H8N3O/c1-2-7(11-6-12)8-5-9-3-4-10-8/h2-5,7H,1H2,(H,11,12). The zero-order chi connectivity index (χ0) is 8.81. The molecule has 1 radical (unpaired) electrons. The second-order valence-electron chi connectivity index (χ2n) is 2.09. The lowest BCUT2D eigenvalue weighted by Crippen LogP contribution is -2.18. The minimum Gasteiger partial charge on any atom is -0.336 e. The summed E-state index contributed by atoms with van der Waals surface area (Å²) in [5.74, 6) is 0. The Bertz CT molecular complexity index is 260. The average molecular weight is 162 g/mol. The maximum absolute atomic E-state index is 10.0. The minimum absolute atomic E-state index is 0.309. The Morgan fingerprint density at radius 3 is 3.00 bits per heavy atom. The van der Waals surface area contributed by atoms with Crippen molar-refractivity contribution in [1.29, 1.82) is 0 Å². The molecule has 1 rings (SSSR count). The summed E-state index contributed by atoms with van der Waals surface area (Å²) in [6.07, 6.45) is 7.83. The fraction of sp³-hybridized carbons (Fsp3) is 0.125. The number of aromatic nitrogens is 2. The molecule has 1 aromatic rings. The summed E-state index contributed by atoms with van der Waals surface area (Å²) < 4.78 is 0. The van der Waals surface area contributed by atoms with Crippen LogP contribution in [0.2, 0.25) is 0 Å². The van der Waals surface area contributed by atoms with Crippen molar-refractivity contribution in [2.24, 2.45) is 0 Å². The van der Waals surface area contributed by atoms with E-state index in [0.717, 1.165) is 0 Å². The summed E-state index contributed by atoms with van der Waals surface area (Å²) >= 11 is 0. The highest BCUT2D eigenvalue weighted by atomic mass is 16.1. The molecule has 1 atom stereocenters. The fourth-order valence-corrected chi connectivity index (χ4v) is 0.788. The van der Waals surface area contributed by atoms with Gasteiger partial charge in [0.1, 0.15) is 0 Å². The molecule has 0 aliphatic heterocycles. The SMILES string of the molecule is C=CC(N[C]=O)c1cnccn1. The first kappa shape index (κ1) is 8.39. The van der Waals surface area contributed by atoms with Crippen LogP contribution in [0.15, 0.2) is 31.2 Å². The van der Waals surface area contributed by atoms with Crippen LogP contribution in [0.1, 0.15) is 11.7 Å². The molecule has 0 saturated carbocycles. The quantitative estimate of drug-likeness (QED) is 0.513. The Labute approximate surface area is 70.4 Å². The van der Waals surface area contributed by atoms with Gasteiger partial charge in [-0.3, -0.25) is 14.8 Å². The first-order valence-corrected chi connectivity index (χ1v) is 3.39. The molecule has 0 fully saturated rings. The molecule has 1 N–H and O–H groups in total. The van der Waals surface area contributed by atoms with Crippen molar-refractivity contribution >= 4 is 6.41 Å². The van der Waals surface area contributed by atoms with E-state index in [-0.39, 0.29) is 6.04 Å². The van der Waals surface area contributed by atoms with Crippen molar-refractivity contribution in [2.75, 3.05) is 0 Å². The second-order valence-corrected chi connectivity index (χ2v) is 2.09. The van der Waals surface area contributed by atoms with Crippen molar-refractivity contribution in [3.63, 3.8) is 0 Å². The largest absolute Gasteiger partial charge is 0.336 e. The zero-order valence-corrected chi connectivity index (χ0v) is 6.40. The molecule has 4 heteroatoms. The molecule has 4 nitrogen and oxygen atoms in total. The van der Waals surface area contributed by atoms with Gasteiger partial charge in [-0.2, -0.15) is 0 Å². The number of amides is 1. The van der Waals surface area contributed by atoms with E-state index in [1.807, 2.05) is 0 Å². The third-order valence-corrected chi connectivity index (χ3v) is 1.35. The Kier molecular flexibility index (Phi) is 2.95. The topological polar surface area (TPSA) is 54.9 Å². The van der Waals surface area contributed by atoms with E-state index in [1.165, 1.54) is 0 Å². The summed E-state index contributed by atoms with van der Waals surface area (Å²) in [6.45, 7) is 3.55. The highest BCUT2D eigenvalue weighted by Crippen LogP contribution is 2.06. The van der Waals surface area contributed by atoms with Crippen LogP contribution in [-0.2, 0) is 4.79 Å². The van der Waals surface area contributed by atoms with E-state index in [1.54, 1.807) is 31.1 Å². The number of nitrogens with one attached hydrogen (secondary N) is 1. The van der Waals surface area contributed by atoms with Crippen molar-refractivity contribution in [2.45, 2.75) is 6.04 Å². The number of hydrogen-bond acceptors (Lipinski definition) is 3. The van der Waals surface area contributed by atoms with E-state index >= 15 is 0 Å². The van der Waals surface area contributed by atoms with Gasteiger partial charge in [-0.15, -0.1) is 6.58 Å². The molecular weight excluding hydrogens is 154 g/mol. The molecule has 0 saturated heterocycles. The summed E-state index contributed by atoms with van der Waals surface area (Å²) in [5, 5.41) is 2.42. The van der Waals surface area contributed by atoms with E-state index in [4.69, 9.17) is 0 Å². The third-order valence-electron chi connectivity index (χ3n) is 1.35. The Morgan fingerprint density at radius 2 is 2.50 bits per heavy atom. The predicted molar refractivity (Wildman–Crippen MR) is 43.8 cm³/mol. The average Bonchev–Trinajstić information content (AvgIpc) is 2.15. The van der Waals surface area contributed by atoms with E-state index < -0.39 is 0 Å². The summed E-state index contributed by atoms with van der Waals surface area (Å²) in [4.78, 5) is 17.9. The number of hydrogen-bond donors (Lipinski definition) is 1. The maximum atomic E-state index is 10.0. The Balaban J connectivity index is 2.79. The molecule has 1 aromatic heterocycles. The lowest BCUT2D eigenvalue weighted by atomic mass is 10.2. The second kappa shape index (κ2) is 4.23. The monoisotopic (exact) mass is 162 g/mol. The Morgan fingerprint density at radius 1 is 1.67 bits per heavy atom. The third kappa shape index (κ3) is 1.88. The number of nitrogens with zero attached hydrogens (tertiary/aromatic N) is 2. The molecule has 0 aliphatic carbocycles. The fourth-order valence-electron chi connectivity index (χ4n) is 0.788. The molecule has 1 amide bonds. The van der Waals surface area contributed by atoms with E-state index in [0.29, 0.717) is 5.69 Å². The molecule has 61 valence electrons. The van der Waals surface area contributed by atoms with Gasteiger partial charge in [0.2, 0.25) is 0 Å². The first-order chi connectivity index (χ1) is 5.88. The van der Waals surface area contributed by atoms with Gasteiger partial charge in [0.25, 0.3) is 0 Å². The van der Waals surface area contributed by atoms with Crippen LogP contribution in [0.5, 0.6) is 0 Å². The summed E-state index contributed by atoms with van der Waals surface area (Å²) in [5.41, 5.74) is 0.649. The van der Waals surface area contributed by atoms with Crippen LogP contribution in [0.3, 0.4) is 0 Å². The molecule has 0 aromatic carbocycles. The summed E-state index contributed by atoms with van der Waals surface area (Å²) in [6, 6.07) is -0.309. The maximum Gasteiger partial charge on any atom is 0.310 e. The molecular formula is C8H8N3O. The van der Waals surface area contributed by atoms with Crippen molar-refractivity contribution in [3.8, 4) is 0 Å². The molecule has 12 heavy (non-hydrogen) atoms. The van der Waals surface area contributed by atoms with Gasteiger partial charge in [0.05, 0.1) is 17.9 Å². The van der Waals surface area contributed by atoms with Gasteiger partial charge in [-0.05, 0) is 0 Å². The van der Waals surface area contributed by atoms with Gasteiger partial charge in [0.15, 0.2) is 0 Å². The van der Waals surface area contributed by atoms with Crippen LogP contribution in [0.4, 0.5) is 0 Å². The smallest absolute Gasteiger partial charge is 0.310 e. The predicted octanol–water partition coefficient (Wildman–Crippen LogP) is 0.360. The molecule has 0 bridgehead atoms. The molecule has 1 unspecified atom stereocenters. The highest BCUT2D eigenvalue weighted by Gasteiger charge is 2.06. The van der Waals surface area contributed by atoms with Crippen LogP contribution < -0.4 is 5.32 Å². The van der Waals surface area contributed by atoms with Crippen LogP contribution >= 0.6 is 0 Å². The van der Waals surface area contributed by atoms with E-state index in [9.17, 15) is 4.79 Å². The van der Waals surface area contributed by atoms with Gasteiger partial charge in [0, 0.05) is 12.4 Å². The van der Waals surface area contributed by atoms with E-state index in [2.05, 4.69) is 21.9 Å². The van der Waals surface area contributed by atoms with Crippen LogP contribution in [-0.4, -0.2) is 16.4 Å². The van der Waals surface area contributed by atoms with Crippen molar-refractivity contribution in [3.05, 3.63) is 36.9 Å². The van der Waals surface area contributed by atoms with Crippen LogP contribution in [0, 0.1) is 0 Å². The van der Waals surface area contributed by atoms with Crippen molar-refractivity contribution < 1.29 is 4.79 Å². The van der Waals surface area contributed by atoms with Crippen LogP contribution in [0.25, 0.3) is 0 Å². The first-order valence-electron chi connectivity index (χ1n) is 3.39. The molecule has 0 spiro atoms. The number of carbonyl (C=O) groups excluding carboxylic acids is 1. The zero-order valence-electron chi connectivity index (χ0n) is 6.40. The molecule has 0 aliphatic rings. The normalized spacial score (nSPS) is 11.7. The summed E-state index contributed by atoms with van der Waals surface area (Å²) in [7, 11) is 0. The lowest BCUT2D eigenvalue weighted by molar-refractivity contribution is 0.534. The van der Waals surface area contributed by atoms with Gasteiger partial charge < -0.3 is 5.32 Å². The van der Waals surface area contributed by atoms with Gasteiger partial charge in [-0.1, -0.05) is 6.08 Å².